The number of allylic oxidation sites excluding steroid dienone is 11. The Labute approximate surface area is 358 Å². The van der Waals surface area contributed by atoms with E-state index < -0.39 is 0 Å². The lowest BCUT2D eigenvalue weighted by molar-refractivity contribution is 0.210. The van der Waals surface area contributed by atoms with Crippen LogP contribution in [-0.2, 0) is 19.3 Å². The lowest BCUT2D eigenvalue weighted by Crippen LogP contribution is -2.47. The van der Waals surface area contributed by atoms with E-state index in [-0.39, 0.29) is 0 Å². The summed E-state index contributed by atoms with van der Waals surface area (Å²) in [5, 5.41) is 4.91. The molecule has 1 nitrogen and oxygen atoms in total. The number of fused-ring (bicyclic) bond motifs is 9. The van der Waals surface area contributed by atoms with Crippen LogP contribution in [0.5, 0.6) is 0 Å². The molecule has 59 heavy (non-hydrogen) atoms. The van der Waals surface area contributed by atoms with Gasteiger partial charge in [-0.15, -0.1) is 23.1 Å². The number of nitrogens with zero attached hydrogens (tertiary/aromatic N) is 1. The largest absolute Gasteiger partial charge is 0.361 e. The van der Waals surface area contributed by atoms with Crippen LogP contribution in [-0.4, -0.2) is 22.2 Å². The van der Waals surface area contributed by atoms with Crippen molar-refractivity contribution < 1.29 is 0 Å². The zero-order chi connectivity index (χ0) is 38.9. The van der Waals surface area contributed by atoms with Gasteiger partial charge in [0.2, 0.25) is 0 Å². The topological polar surface area (TPSA) is 3.24 Å². The summed E-state index contributed by atoms with van der Waals surface area (Å²) in [5.74, 6) is 0.870. The molecule has 0 saturated heterocycles. The minimum Gasteiger partial charge on any atom is -0.361 e. The summed E-state index contributed by atoms with van der Waals surface area (Å²) < 4.78 is 1.44. The fraction of sp³-hybridized carbons (Fsp3) is 0.321. The Hall–Kier alpha value is -4.57. The normalized spacial score (nSPS) is 26.3. The number of rotatable bonds is 6. The first-order valence-electron chi connectivity index (χ1n) is 22.7. The van der Waals surface area contributed by atoms with E-state index in [0.29, 0.717) is 29.2 Å². The molecule has 0 spiro atoms. The van der Waals surface area contributed by atoms with E-state index in [4.69, 9.17) is 0 Å². The quantitative estimate of drug-likeness (QED) is 0.191. The molecule has 3 unspecified atom stereocenters. The lowest BCUT2D eigenvalue weighted by atomic mass is 9.82. The Bertz CT molecular complexity index is 2770. The molecule has 0 fully saturated rings. The first kappa shape index (κ1) is 36.3. The average Bonchev–Trinajstić information content (AvgIpc) is 3.88. The van der Waals surface area contributed by atoms with E-state index in [1.807, 2.05) is 11.3 Å². The van der Waals surface area contributed by atoms with Crippen LogP contribution < -0.4 is 10.4 Å². The van der Waals surface area contributed by atoms with Gasteiger partial charge in [0.25, 0.3) is 0 Å². The Morgan fingerprint density at radius 3 is 2.51 bits per heavy atom. The predicted octanol–water partition coefficient (Wildman–Crippen LogP) is 13.0. The summed E-state index contributed by atoms with van der Waals surface area (Å²) in [5.41, 5.74) is 15.1. The van der Waals surface area contributed by atoms with E-state index >= 15 is 0 Å². The molecule has 12 rings (SSSR count). The fourth-order valence-corrected chi connectivity index (χ4v) is 14.5. The number of hydrogen-bond acceptors (Lipinski definition) is 3. The predicted molar refractivity (Wildman–Crippen MR) is 254 cm³/mol. The van der Waals surface area contributed by atoms with Crippen molar-refractivity contribution >= 4 is 62.6 Å². The minimum absolute atomic E-state index is 0.331. The monoisotopic (exact) mass is 803 g/mol. The van der Waals surface area contributed by atoms with Crippen molar-refractivity contribution in [3.63, 3.8) is 0 Å². The van der Waals surface area contributed by atoms with Gasteiger partial charge in [-0.1, -0.05) is 109 Å². The second-order valence-corrected chi connectivity index (χ2v) is 20.3. The van der Waals surface area contributed by atoms with Crippen LogP contribution in [0.3, 0.4) is 0 Å². The number of thiophene rings is 1. The summed E-state index contributed by atoms with van der Waals surface area (Å²) in [4.78, 5) is 5.85. The molecule has 0 bridgehead atoms. The van der Waals surface area contributed by atoms with Gasteiger partial charge in [-0.3, -0.25) is 0 Å². The fourth-order valence-electron chi connectivity index (χ4n) is 11.6. The van der Waals surface area contributed by atoms with Gasteiger partial charge in [-0.2, -0.15) is 0 Å². The minimum atomic E-state index is 0.331. The van der Waals surface area contributed by atoms with Crippen LogP contribution in [0.2, 0.25) is 0 Å². The Balaban J connectivity index is 0.866. The Morgan fingerprint density at radius 2 is 1.61 bits per heavy atom. The molecule has 0 amide bonds. The smallest absolute Gasteiger partial charge is 0.0551 e. The molecule has 3 aromatic carbocycles. The van der Waals surface area contributed by atoms with Crippen LogP contribution in [0.4, 0.5) is 0 Å². The Kier molecular flexibility index (Phi) is 9.33. The molecule has 0 N–H and O–H groups in total. The molecular formula is C56H53NS2. The van der Waals surface area contributed by atoms with Gasteiger partial charge in [-0.25, -0.2) is 0 Å². The maximum Gasteiger partial charge on any atom is 0.0551 e. The van der Waals surface area contributed by atoms with Gasteiger partial charge < -0.3 is 4.90 Å². The lowest BCUT2D eigenvalue weighted by Gasteiger charge is -2.45. The number of aryl methyl sites for hydroxylation is 2. The summed E-state index contributed by atoms with van der Waals surface area (Å²) in [7, 11) is 0. The first-order chi connectivity index (χ1) is 29.2. The highest BCUT2D eigenvalue weighted by molar-refractivity contribution is 8.01. The zero-order valence-electron chi connectivity index (χ0n) is 34.0. The SMILES string of the molecule is C1=CC(c2cccc3c2S[C@H]2C3=CCC[C@H]2N(C2=CCC(c3ccc4sc5c(c4c3)CCC=C5)C=C2)C2C=CC(C3C=c4c5c(ccc4=CC3)CCCC5)=CC2)=CCC1. The molecule has 1 aromatic heterocycles. The van der Waals surface area contributed by atoms with Gasteiger partial charge in [0, 0.05) is 38.0 Å². The van der Waals surface area contributed by atoms with E-state index in [9.17, 15) is 0 Å². The average molecular weight is 804 g/mol. The van der Waals surface area contributed by atoms with Crippen molar-refractivity contribution in [1.29, 1.82) is 0 Å². The summed E-state index contributed by atoms with van der Waals surface area (Å²) in [6, 6.07) is 20.0. The van der Waals surface area contributed by atoms with Crippen LogP contribution in [0, 0.1) is 5.92 Å². The highest BCUT2D eigenvalue weighted by atomic mass is 32.2. The van der Waals surface area contributed by atoms with Crippen molar-refractivity contribution in [2.45, 2.75) is 112 Å². The molecule has 5 atom stereocenters. The van der Waals surface area contributed by atoms with Gasteiger partial charge >= 0.3 is 0 Å². The van der Waals surface area contributed by atoms with Gasteiger partial charge in [0.15, 0.2) is 0 Å². The maximum atomic E-state index is 2.89. The van der Waals surface area contributed by atoms with Gasteiger partial charge in [0.1, 0.15) is 0 Å². The molecule has 7 aliphatic carbocycles. The third-order valence-electron chi connectivity index (χ3n) is 14.7. The molecule has 8 aliphatic rings. The molecule has 4 aromatic rings. The van der Waals surface area contributed by atoms with Crippen molar-refractivity contribution in [2.75, 3.05) is 0 Å². The van der Waals surface area contributed by atoms with E-state index in [1.165, 1.54) is 102 Å². The van der Waals surface area contributed by atoms with Crippen LogP contribution >= 0.6 is 23.1 Å². The third kappa shape index (κ3) is 6.41. The third-order valence-corrected chi connectivity index (χ3v) is 17.3. The van der Waals surface area contributed by atoms with E-state index in [1.54, 1.807) is 22.3 Å². The molecule has 1 aliphatic heterocycles. The van der Waals surface area contributed by atoms with Crippen LogP contribution in [0.25, 0.3) is 39.5 Å². The number of hydrogen-bond donors (Lipinski definition) is 0. The molecule has 3 heteroatoms. The Morgan fingerprint density at radius 1 is 0.678 bits per heavy atom. The van der Waals surface area contributed by atoms with Gasteiger partial charge in [0.05, 0.1) is 11.3 Å². The molecule has 0 saturated carbocycles. The molecule has 0 radical (unpaired) electrons. The molecule has 2 heterocycles. The van der Waals surface area contributed by atoms with Crippen molar-refractivity contribution in [3.05, 3.63) is 175 Å². The molecular weight excluding hydrogens is 751 g/mol. The summed E-state index contributed by atoms with van der Waals surface area (Å²) >= 11 is 4.12. The number of benzene rings is 3. The highest BCUT2D eigenvalue weighted by Gasteiger charge is 2.42. The van der Waals surface area contributed by atoms with Crippen LogP contribution in [0.1, 0.15) is 108 Å². The van der Waals surface area contributed by atoms with Crippen molar-refractivity contribution in [3.8, 4) is 0 Å². The van der Waals surface area contributed by atoms with Crippen LogP contribution in [0.15, 0.2) is 132 Å². The van der Waals surface area contributed by atoms with Crippen molar-refractivity contribution in [1.82, 2.24) is 4.90 Å². The van der Waals surface area contributed by atoms with E-state index in [2.05, 4.69) is 150 Å². The second-order valence-electron chi connectivity index (χ2n) is 18.0. The van der Waals surface area contributed by atoms with Crippen molar-refractivity contribution in [2.24, 2.45) is 5.92 Å². The summed E-state index contributed by atoms with van der Waals surface area (Å²) in [6.07, 6.45) is 50.3. The maximum absolute atomic E-state index is 2.89. The number of thioether (sulfide) groups is 1. The zero-order valence-corrected chi connectivity index (χ0v) is 35.7. The second kappa shape index (κ2) is 15.2. The van der Waals surface area contributed by atoms with Gasteiger partial charge in [-0.05, 0) is 174 Å². The molecule has 294 valence electrons. The summed E-state index contributed by atoms with van der Waals surface area (Å²) in [6.45, 7) is 0. The standard InChI is InChI=1S/C56H53NS2/c1-2-10-38(11-3-1)46-15-8-16-48-49-17-9-18-52(56(49)59-55(46)48)57(44-31-26-37(27-32-44)42-28-33-54-51(35-42)47-14-6-7-19-53(47)58-54)43-29-24-36(25-30-43)41-23-22-40-21-20-39-12-4-5-13-45(39)50(40)34-41/h2,7-8,10-11,15-17,19-22,24-26,28-29,31-35,37,41,43,52,56H,1,3-6,9,12-14,18,23,27,30H2/t37?,41?,43?,52-,56+/m1/s1. The first-order valence-corrected chi connectivity index (χ1v) is 24.4. The highest BCUT2D eigenvalue weighted by Crippen LogP contribution is 2.54. The van der Waals surface area contributed by atoms with E-state index in [0.717, 1.165) is 44.9 Å².